The predicted molar refractivity (Wildman–Crippen MR) is 62.0 cm³/mol. The van der Waals surface area contributed by atoms with Crippen LogP contribution in [-0.4, -0.2) is 0 Å². The minimum atomic E-state index is -0.133. The second-order valence-electron chi connectivity index (χ2n) is 4.29. The van der Waals surface area contributed by atoms with Crippen LogP contribution in [-0.2, 0) is 0 Å². The van der Waals surface area contributed by atoms with Gasteiger partial charge < -0.3 is 0 Å². The number of allylic oxidation sites excluding steroid dienone is 2. The van der Waals surface area contributed by atoms with Gasteiger partial charge in [0.2, 0.25) is 0 Å². The van der Waals surface area contributed by atoms with E-state index in [1.807, 2.05) is 6.07 Å². The van der Waals surface area contributed by atoms with Crippen LogP contribution < -0.4 is 0 Å². The van der Waals surface area contributed by atoms with Crippen molar-refractivity contribution in [3.63, 3.8) is 0 Å². The van der Waals surface area contributed by atoms with Gasteiger partial charge in [-0.15, -0.1) is 0 Å². The molecule has 1 unspecified atom stereocenters. The molecule has 0 amide bonds. The third-order valence-electron chi connectivity index (χ3n) is 3.29. The molecule has 80 valence electrons. The van der Waals surface area contributed by atoms with Crippen LogP contribution >= 0.6 is 0 Å². The average Bonchev–Trinajstić information content (AvgIpc) is 2.29. The first-order valence-electron chi connectivity index (χ1n) is 5.74. The Morgan fingerprint density at radius 2 is 2.27 bits per heavy atom. The van der Waals surface area contributed by atoms with Gasteiger partial charge in [0.1, 0.15) is 5.82 Å². The maximum Gasteiger partial charge on any atom is 0.123 e. The summed E-state index contributed by atoms with van der Waals surface area (Å²) < 4.78 is 13.0. The van der Waals surface area contributed by atoms with E-state index in [1.165, 1.54) is 24.5 Å². The van der Waals surface area contributed by atoms with Gasteiger partial charge in [-0.25, -0.2) is 4.39 Å². The molecule has 15 heavy (non-hydrogen) atoms. The second-order valence-corrected chi connectivity index (χ2v) is 4.29. The highest BCUT2D eigenvalue weighted by molar-refractivity contribution is 5.66. The van der Waals surface area contributed by atoms with Crippen LogP contribution in [0.1, 0.15) is 38.2 Å². The van der Waals surface area contributed by atoms with Crippen molar-refractivity contribution in [3.8, 4) is 0 Å². The highest BCUT2D eigenvalue weighted by Gasteiger charge is 2.13. The molecule has 2 rings (SSSR count). The highest BCUT2D eigenvalue weighted by atomic mass is 19.1. The van der Waals surface area contributed by atoms with Gasteiger partial charge in [0.15, 0.2) is 0 Å². The van der Waals surface area contributed by atoms with E-state index in [-0.39, 0.29) is 5.82 Å². The first-order valence-corrected chi connectivity index (χ1v) is 5.74. The maximum atomic E-state index is 13.0. The van der Waals surface area contributed by atoms with Crippen molar-refractivity contribution >= 4 is 5.57 Å². The molecule has 1 atom stereocenters. The van der Waals surface area contributed by atoms with Gasteiger partial charge >= 0.3 is 0 Å². The van der Waals surface area contributed by atoms with Gasteiger partial charge in [-0.1, -0.05) is 31.6 Å². The standard InChI is InChI=1S/C14H17F/c1-2-11-6-8-12(9-7-11)13-4-3-5-14(15)10-13/h3-5,8,10-11H,2,6-7,9H2,1H3. The number of hydrogen-bond acceptors (Lipinski definition) is 0. The Bertz CT molecular complexity index is 365. The summed E-state index contributed by atoms with van der Waals surface area (Å²) in [5.41, 5.74) is 2.38. The Morgan fingerprint density at radius 3 is 2.87 bits per heavy atom. The zero-order chi connectivity index (χ0) is 10.7. The molecule has 1 aliphatic carbocycles. The van der Waals surface area contributed by atoms with E-state index in [1.54, 1.807) is 12.1 Å². The number of benzene rings is 1. The third-order valence-corrected chi connectivity index (χ3v) is 3.29. The monoisotopic (exact) mass is 204 g/mol. The van der Waals surface area contributed by atoms with E-state index in [4.69, 9.17) is 0 Å². The SMILES string of the molecule is CCC1CC=C(c2cccc(F)c2)CC1. The first kappa shape index (κ1) is 10.4. The highest BCUT2D eigenvalue weighted by Crippen LogP contribution is 2.31. The molecule has 0 N–H and O–H groups in total. The summed E-state index contributed by atoms with van der Waals surface area (Å²) in [6.07, 6.45) is 7.04. The summed E-state index contributed by atoms with van der Waals surface area (Å²) >= 11 is 0. The van der Waals surface area contributed by atoms with Crippen molar-refractivity contribution in [1.82, 2.24) is 0 Å². The van der Waals surface area contributed by atoms with Gasteiger partial charge in [-0.3, -0.25) is 0 Å². The lowest BCUT2D eigenvalue weighted by Gasteiger charge is -2.20. The van der Waals surface area contributed by atoms with Crippen LogP contribution in [0.4, 0.5) is 4.39 Å². The summed E-state index contributed by atoms with van der Waals surface area (Å²) in [4.78, 5) is 0. The average molecular weight is 204 g/mol. The molecular weight excluding hydrogens is 187 g/mol. The fraction of sp³-hybridized carbons (Fsp3) is 0.429. The van der Waals surface area contributed by atoms with Crippen LogP contribution in [0.15, 0.2) is 30.3 Å². The van der Waals surface area contributed by atoms with E-state index < -0.39 is 0 Å². The summed E-state index contributed by atoms with van der Waals surface area (Å²) in [5.74, 6) is 0.702. The largest absolute Gasteiger partial charge is 0.207 e. The van der Waals surface area contributed by atoms with Crippen LogP contribution in [0.2, 0.25) is 0 Å². The molecule has 0 nitrogen and oxygen atoms in total. The van der Waals surface area contributed by atoms with Gasteiger partial charge in [0.05, 0.1) is 0 Å². The zero-order valence-electron chi connectivity index (χ0n) is 9.17. The van der Waals surface area contributed by atoms with Gasteiger partial charge in [0.25, 0.3) is 0 Å². The summed E-state index contributed by atoms with van der Waals surface area (Å²) in [6, 6.07) is 6.93. The topological polar surface area (TPSA) is 0 Å². The fourth-order valence-electron chi connectivity index (χ4n) is 2.21. The van der Waals surface area contributed by atoms with Crippen LogP contribution in [0.3, 0.4) is 0 Å². The normalized spacial score (nSPS) is 21.2. The molecule has 0 aliphatic heterocycles. The van der Waals surface area contributed by atoms with E-state index in [0.717, 1.165) is 24.3 Å². The van der Waals surface area contributed by atoms with Crippen molar-refractivity contribution in [2.24, 2.45) is 5.92 Å². The van der Waals surface area contributed by atoms with E-state index in [9.17, 15) is 4.39 Å². The van der Waals surface area contributed by atoms with Gasteiger partial charge in [-0.05, 0) is 48.4 Å². The predicted octanol–water partition coefficient (Wildman–Crippen LogP) is 4.42. The molecule has 0 heterocycles. The summed E-state index contributed by atoms with van der Waals surface area (Å²) in [6.45, 7) is 2.24. The van der Waals surface area contributed by atoms with E-state index in [0.29, 0.717) is 0 Å². The Hall–Kier alpha value is -1.11. The molecule has 1 aliphatic rings. The third kappa shape index (κ3) is 2.47. The number of rotatable bonds is 2. The molecule has 0 spiro atoms. The van der Waals surface area contributed by atoms with Crippen LogP contribution in [0.25, 0.3) is 5.57 Å². The van der Waals surface area contributed by atoms with Crippen molar-refractivity contribution in [1.29, 1.82) is 0 Å². The van der Waals surface area contributed by atoms with Crippen LogP contribution in [0.5, 0.6) is 0 Å². The van der Waals surface area contributed by atoms with Crippen molar-refractivity contribution in [2.75, 3.05) is 0 Å². The first-order chi connectivity index (χ1) is 7.29. The summed E-state index contributed by atoms with van der Waals surface area (Å²) in [5, 5.41) is 0. The number of halogens is 1. The minimum absolute atomic E-state index is 0.133. The smallest absolute Gasteiger partial charge is 0.123 e. The molecule has 1 heteroatoms. The second kappa shape index (κ2) is 4.61. The maximum absolute atomic E-state index is 13.0. The van der Waals surface area contributed by atoms with Crippen molar-refractivity contribution in [2.45, 2.75) is 32.6 Å². The molecule has 0 saturated heterocycles. The minimum Gasteiger partial charge on any atom is -0.207 e. The molecule has 0 aromatic heterocycles. The number of hydrogen-bond donors (Lipinski definition) is 0. The molecule has 1 aromatic rings. The van der Waals surface area contributed by atoms with Gasteiger partial charge in [0, 0.05) is 0 Å². The Kier molecular flexibility index (Phi) is 3.20. The van der Waals surface area contributed by atoms with Crippen molar-refractivity contribution < 1.29 is 4.39 Å². The molecule has 0 fully saturated rings. The molecule has 0 radical (unpaired) electrons. The Labute approximate surface area is 90.8 Å². The Morgan fingerprint density at radius 1 is 1.40 bits per heavy atom. The molecule has 0 bridgehead atoms. The molecule has 0 saturated carbocycles. The van der Waals surface area contributed by atoms with Crippen LogP contribution in [0, 0.1) is 11.7 Å². The van der Waals surface area contributed by atoms with Gasteiger partial charge in [-0.2, -0.15) is 0 Å². The fourth-order valence-corrected chi connectivity index (χ4v) is 2.21. The Balaban J connectivity index is 2.15. The van der Waals surface area contributed by atoms with E-state index >= 15 is 0 Å². The quantitative estimate of drug-likeness (QED) is 0.669. The summed E-state index contributed by atoms with van der Waals surface area (Å²) in [7, 11) is 0. The lowest BCUT2D eigenvalue weighted by atomic mass is 9.85. The zero-order valence-corrected chi connectivity index (χ0v) is 9.17. The van der Waals surface area contributed by atoms with Crippen molar-refractivity contribution in [3.05, 3.63) is 41.7 Å². The molecular formula is C14H17F. The lowest BCUT2D eigenvalue weighted by Crippen LogP contribution is -2.03. The lowest BCUT2D eigenvalue weighted by molar-refractivity contribution is 0.470. The molecule has 1 aromatic carbocycles. The van der Waals surface area contributed by atoms with E-state index in [2.05, 4.69) is 13.0 Å².